The van der Waals surface area contributed by atoms with E-state index in [0.29, 0.717) is 26.3 Å². The van der Waals surface area contributed by atoms with Crippen LogP contribution in [0.5, 0.6) is 0 Å². The highest BCUT2D eigenvalue weighted by Crippen LogP contribution is 2.25. The molecule has 0 atom stereocenters. The zero-order valence-electron chi connectivity index (χ0n) is 18.3. The summed E-state index contributed by atoms with van der Waals surface area (Å²) in [7, 11) is 3.25. The molecule has 0 unspecified atom stereocenters. The molecule has 3 aromatic rings. The predicted molar refractivity (Wildman–Crippen MR) is 123 cm³/mol. The van der Waals surface area contributed by atoms with Crippen molar-refractivity contribution in [1.82, 2.24) is 14.7 Å². The number of carbonyl (C=O) groups is 1. The van der Waals surface area contributed by atoms with E-state index in [9.17, 15) is 4.79 Å². The topological polar surface area (TPSA) is 56.6 Å². The molecule has 0 radical (unpaired) electrons. The number of amides is 1. The number of benzene rings is 2. The molecule has 0 saturated carbocycles. The Bertz CT molecular complexity index is 987. The maximum atomic E-state index is 12.8. The molecule has 1 heterocycles. The average molecular weight is 420 g/mol. The van der Waals surface area contributed by atoms with Crippen molar-refractivity contribution in [1.29, 1.82) is 0 Å². The number of aryl methyl sites for hydroxylation is 1. The van der Waals surface area contributed by atoms with Crippen LogP contribution in [0.25, 0.3) is 23.0 Å². The van der Waals surface area contributed by atoms with Gasteiger partial charge in [0.15, 0.2) is 0 Å². The van der Waals surface area contributed by atoms with Crippen molar-refractivity contribution in [2.45, 2.75) is 6.92 Å². The first-order valence-electron chi connectivity index (χ1n) is 10.3. The summed E-state index contributed by atoms with van der Waals surface area (Å²) in [6, 6.07) is 18.2. The van der Waals surface area contributed by atoms with E-state index in [0.717, 1.165) is 22.5 Å². The second kappa shape index (κ2) is 11.2. The Morgan fingerprint density at radius 3 is 2.26 bits per heavy atom. The van der Waals surface area contributed by atoms with Gasteiger partial charge in [-0.25, -0.2) is 4.68 Å². The smallest absolute Gasteiger partial charge is 0.246 e. The summed E-state index contributed by atoms with van der Waals surface area (Å²) in [5, 5.41) is 4.80. The maximum absolute atomic E-state index is 12.8. The van der Waals surface area contributed by atoms with Crippen LogP contribution in [0.4, 0.5) is 0 Å². The molecule has 0 bridgehead atoms. The Hall–Kier alpha value is -3.22. The lowest BCUT2D eigenvalue weighted by atomic mass is 10.1. The van der Waals surface area contributed by atoms with Crippen molar-refractivity contribution < 1.29 is 14.3 Å². The predicted octanol–water partition coefficient (Wildman–Crippen LogP) is 3.98. The van der Waals surface area contributed by atoms with Crippen molar-refractivity contribution in [3.8, 4) is 16.9 Å². The van der Waals surface area contributed by atoms with Crippen molar-refractivity contribution >= 4 is 12.0 Å². The van der Waals surface area contributed by atoms with E-state index in [1.165, 1.54) is 5.56 Å². The highest BCUT2D eigenvalue weighted by molar-refractivity contribution is 5.93. The molecule has 6 nitrogen and oxygen atoms in total. The lowest BCUT2D eigenvalue weighted by molar-refractivity contribution is -0.127. The molecule has 1 aromatic heterocycles. The average Bonchev–Trinajstić information content (AvgIpc) is 3.23. The number of hydrogen-bond donors (Lipinski definition) is 0. The fourth-order valence-corrected chi connectivity index (χ4v) is 3.16. The van der Waals surface area contributed by atoms with Crippen LogP contribution < -0.4 is 0 Å². The molecule has 3 rings (SSSR count). The molecule has 0 aliphatic rings. The molecule has 1 amide bonds. The Morgan fingerprint density at radius 2 is 1.65 bits per heavy atom. The minimum absolute atomic E-state index is 0.0867. The van der Waals surface area contributed by atoms with E-state index >= 15 is 0 Å². The first kappa shape index (κ1) is 22.5. The standard InChI is InChI=1S/C25H29N3O3/c1-20-9-11-21(12-10-20)25-22(19-28(26-25)23-7-5-4-6-8-23)13-14-24(29)27(15-17-30-2)16-18-31-3/h4-14,19H,15-18H2,1-3H3. The highest BCUT2D eigenvalue weighted by atomic mass is 16.5. The summed E-state index contributed by atoms with van der Waals surface area (Å²) in [4.78, 5) is 14.5. The monoisotopic (exact) mass is 419 g/mol. The third kappa shape index (κ3) is 6.13. The van der Waals surface area contributed by atoms with Crippen LogP contribution >= 0.6 is 0 Å². The van der Waals surface area contributed by atoms with E-state index in [2.05, 4.69) is 31.2 Å². The van der Waals surface area contributed by atoms with Crippen LogP contribution in [0.3, 0.4) is 0 Å². The van der Waals surface area contributed by atoms with Gasteiger partial charge in [0.05, 0.1) is 24.6 Å². The number of rotatable bonds is 10. The summed E-state index contributed by atoms with van der Waals surface area (Å²) in [5.74, 6) is -0.0867. The third-order valence-electron chi connectivity index (χ3n) is 4.94. The first-order valence-corrected chi connectivity index (χ1v) is 10.3. The molecule has 0 aliphatic heterocycles. The van der Waals surface area contributed by atoms with Crippen molar-refractivity contribution in [2.75, 3.05) is 40.5 Å². The van der Waals surface area contributed by atoms with E-state index in [1.54, 1.807) is 25.2 Å². The Labute approximate surface area is 183 Å². The largest absolute Gasteiger partial charge is 0.383 e. The van der Waals surface area contributed by atoms with Gasteiger partial charge >= 0.3 is 0 Å². The number of nitrogens with zero attached hydrogens (tertiary/aromatic N) is 3. The van der Waals surface area contributed by atoms with Crippen molar-refractivity contribution in [3.63, 3.8) is 0 Å². The second-order valence-corrected chi connectivity index (χ2v) is 7.22. The molecule has 0 aliphatic carbocycles. The summed E-state index contributed by atoms with van der Waals surface area (Å²) in [6.45, 7) is 4.03. The van der Waals surface area contributed by atoms with Gasteiger partial charge in [0, 0.05) is 50.7 Å². The van der Waals surface area contributed by atoms with Gasteiger partial charge in [-0.05, 0) is 25.1 Å². The SMILES string of the molecule is COCCN(CCOC)C(=O)C=Cc1cn(-c2ccccc2)nc1-c1ccc(C)cc1. The fraction of sp³-hybridized carbons (Fsp3) is 0.280. The lowest BCUT2D eigenvalue weighted by Crippen LogP contribution is -2.35. The van der Waals surface area contributed by atoms with Crippen LogP contribution in [-0.2, 0) is 14.3 Å². The van der Waals surface area contributed by atoms with Crippen LogP contribution in [0.15, 0.2) is 66.9 Å². The van der Waals surface area contributed by atoms with Gasteiger partial charge in [-0.15, -0.1) is 0 Å². The summed E-state index contributed by atoms with van der Waals surface area (Å²) in [5.41, 5.74) is 4.85. The van der Waals surface area contributed by atoms with E-state index in [4.69, 9.17) is 14.6 Å². The summed E-state index contributed by atoms with van der Waals surface area (Å²) >= 11 is 0. The zero-order chi connectivity index (χ0) is 22.1. The number of carbonyl (C=O) groups excluding carboxylic acids is 1. The van der Waals surface area contributed by atoms with Crippen LogP contribution in [0.1, 0.15) is 11.1 Å². The van der Waals surface area contributed by atoms with Gasteiger partial charge in [-0.3, -0.25) is 4.79 Å². The summed E-state index contributed by atoms with van der Waals surface area (Å²) < 4.78 is 12.1. The maximum Gasteiger partial charge on any atom is 0.246 e. The molecule has 162 valence electrons. The second-order valence-electron chi connectivity index (χ2n) is 7.22. The minimum atomic E-state index is -0.0867. The fourth-order valence-electron chi connectivity index (χ4n) is 3.16. The van der Waals surface area contributed by atoms with Gasteiger partial charge in [0.25, 0.3) is 0 Å². The van der Waals surface area contributed by atoms with E-state index in [1.807, 2.05) is 47.3 Å². The number of aromatic nitrogens is 2. The molecular weight excluding hydrogens is 390 g/mol. The van der Waals surface area contributed by atoms with E-state index in [-0.39, 0.29) is 5.91 Å². The van der Waals surface area contributed by atoms with E-state index < -0.39 is 0 Å². The third-order valence-corrected chi connectivity index (χ3v) is 4.94. The highest BCUT2D eigenvalue weighted by Gasteiger charge is 2.13. The van der Waals surface area contributed by atoms with Gasteiger partial charge in [0.2, 0.25) is 5.91 Å². The number of para-hydroxylation sites is 1. The molecule has 6 heteroatoms. The molecule has 2 aromatic carbocycles. The van der Waals surface area contributed by atoms with Gasteiger partial charge < -0.3 is 14.4 Å². The molecule has 31 heavy (non-hydrogen) atoms. The number of ether oxygens (including phenoxy) is 2. The van der Waals surface area contributed by atoms with Crippen LogP contribution in [-0.4, -0.2) is 61.1 Å². The zero-order valence-corrected chi connectivity index (χ0v) is 18.3. The lowest BCUT2D eigenvalue weighted by Gasteiger charge is -2.20. The molecule has 0 fully saturated rings. The first-order chi connectivity index (χ1) is 15.1. The number of methoxy groups -OCH3 is 2. The minimum Gasteiger partial charge on any atom is -0.383 e. The normalized spacial score (nSPS) is 11.2. The van der Waals surface area contributed by atoms with Gasteiger partial charge in [0.1, 0.15) is 0 Å². The molecule has 0 saturated heterocycles. The van der Waals surface area contributed by atoms with Crippen LogP contribution in [0, 0.1) is 6.92 Å². The molecule has 0 N–H and O–H groups in total. The van der Waals surface area contributed by atoms with Gasteiger partial charge in [-0.2, -0.15) is 5.10 Å². The van der Waals surface area contributed by atoms with Crippen molar-refractivity contribution in [2.24, 2.45) is 0 Å². The molecular formula is C25H29N3O3. The van der Waals surface area contributed by atoms with Crippen molar-refractivity contribution in [3.05, 3.63) is 78.0 Å². The van der Waals surface area contributed by atoms with Gasteiger partial charge in [-0.1, -0.05) is 48.0 Å². The Kier molecular flexibility index (Phi) is 8.15. The Morgan fingerprint density at radius 1 is 1.00 bits per heavy atom. The molecule has 0 spiro atoms. The van der Waals surface area contributed by atoms with Crippen LogP contribution in [0.2, 0.25) is 0 Å². The quantitative estimate of drug-likeness (QED) is 0.467. The number of hydrogen-bond acceptors (Lipinski definition) is 4. The summed E-state index contributed by atoms with van der Waals surface area (Å²) in [6.07, 6.45) is 5.37. The Balaban J connectivity index is 1.91.